The van der Waals surface area contributed by atoms with E-state index in [-0.39, 0.29) is 12.1 Å². The quantitative estimate of drug-likeness (QED) is 0.509. The summed E-state index contributed by atoms with van der Waals surface area (Å²) in [5.74, 6) is 0.589. The van der Waals surface area contributed by atoms with Gasteiger partial charge in [0.05, 0.1) is 13.2 Å². The molecule has 1 aromatic heterocycles. The highest BCUT2D eigenvalue weighted by molar-refractivity contribution is 5.70. The Morgan fingerprint density at radius 2 is 1.82 bits per heavy atom. The zero-order valence-corrected chi connectivity index (χ0v) is 19.2. The molecule has 4 rings (SSSR count). The fourth-order valence-corrected chi connectivity index (χ4v) is 4.48. The number of carbonyl (C=O) groups excluding carboxylic acids is 1. The summed E-state index contributed by atoms with van der Waals surface area (Å²) in [5.41, 5.74) is 9.34. The van der Waals surface area contributed by atoms with Gasteiger partial charge >= 0.3 is 6.09 Å². The Kier molecular flexibility index (Phi) is 6.94. The number of aromatic nitrogens is 1. The van der Waals surface area contributed by atoms with Gasteiger partial charge in [0.25, 0.3) is 0 Å². The molecular formula is C27H31N3O3. The van der Waals surface area contributed by atoms with Crippen LogP contribution in [-0.2, 0) is 10.3 Å². The molecule has 0 bridgehead atoms. The van der Waals surface area contributed by atoms with Gasteiger partial charge in [-0.1, -0.05) is 54.6 Å². The summed E-state index contributed by atoms with van der Waals surface area (Å²) in [4.78, 5) is 19.3. The topological polar surface area (TPSA) is 77.7 Å². The van der Waals surface area contributed by atoms with Gasteiger partial charge in [-0.25, -0.2) is 9.78 Å². The predicted molar refractivity (Wildman–Crippen MR) is 129 cm³/mol. The number of benzene rings is 2. The minimum atomic E-state index is -0.612. The molecule has 1 aliphatic heterocycles. The van der Waals surface area contributed by atoms with Crippen molar-refractivity contribution in [3.63, 3.8) is 0 Å². The highest BCUT2D eigenvalue weighted by Gasteiger charge is 2.43. The van der Waals surface area contributed by atoms with E-state index in [0.717, 1.165) is 41.5 Å². The molecule has 2 N–H and O–H groups in total. The Hall–Kier alpha value is -3.38. The van der Waals surface area contributed by atoms with E-state index in [1.165, 1.54) is 0 Å². The lowest BCUT2D eigenvalue weighted by atomic mass is 9.84. The molecule has 0 spiro atoms. The van der Waals surface area contributed by atoms with E-state index in [2.05, 4.69) is 29.2 Å². The van der Waals surface area contributed by atoms with Crippen molar-refractivity contribution in [2.24, 2.45) is 5.73 Å². The maximum Gasteiger partial charge on any atom is 0.411 e. The number of nitrogens with zero attached hydrogens (tertiary/aromatic N) is 2. The second kappa shape index (κ2) is 10.0. The highest BCUT2D eigenvalue weighted by Crippen LogP contribution is 2.40. The summed E-state index contributed by atoms with van der Waals surface area (Å²) in [6.45, 7) is 3.24. The first-order chi connectivity index (χ1) is 16.1. The zero-order valence-electron chi connectivity index (χ0n) is 19.2. The van der Waals surface area contributed by atoms with Crippen LogP contribution in [0.5, 0.6) is 5.88 Å². The maximum atomic E-state index is 13.2. The average Bonchev–Trinajstić information content (AvgIpc) is 2.88. The Morgan fingerprint density at radius 3 is 2.42 bits per heavy atom. The van der Waals surface area contributed by atoms with Crippen LogP contribution in [0.3, 0.4) is 0 Å². The molecule has 0 aliphatic carbocycles. The summed E-state index contributed by atoms with van der Waals surface area (Å²) in [7, 11) is 1.60. The van der Waals surface area contributed by atoms with E-state index in [0.29, 0.717) is 19.0 Å². The Labute approximate surface area is 195 Å². The molecular weight excluding hydrogens is 414 g/mol. The fraction of sp³-hybridized carbons (Fsp3) is 0.333. The van der Waals surface area contributed by atoms with Crippen LogP contribution in [0.25, 0.3) is 11.1 Å². The second-order valence-electron chi connectivity index (χ2n) is 8.45. The van der Waals surface area contributed by atoms with Crippen LogP contribution in [0.1, 0.15) is 43.4 Å². The molecule has 0 radical (unpaired) electrons. The second-order valence-corrected chi connectivity index (χ2v) is 8.45. The molecule has 2 aromatic carbocycles. The van der Waals surface area contributed by atoms with Gasteiger partial charge in [0.1, 0.15) is 5.60 Å². The van der Waals surface area contributed by atoms with Crippen molar-refractivity contribution in [2.45, 2.75) is 37.8 Å². The number of carbonyl (C=O) groups is 1. The first-order valence-electron chi connectivity index (χ1n) is 11.4. The van der Waals surface area contributed by atoms with Crippen molar-refractivity contribution in [3.8, 4) is 17.0 Å². The van der Waals surface area contributed by atoms with Gasteiger partial charge in [-0.15, -0.1) is 0 Å². The number of hydrogen-bond acceptors (Lipinski definition) is 5. The molecule has 3 aromatic rings. The van der Waals surface area contributed by atoms with Crippen molar-refractivity contribution < 1.29 is 14.3 Å². The third-order valence-corrected chi connectivity index (χ3v) is 6.50. The lowest BCUT2D eigenvalue weighted by Crippen LogP contribution is -2.48. The van der Waals surface area contributed by atoms with E-state index in [9.17, 15) is 4.79 Å². The third kappa shape index (κ3) is 4.86. The van der Waals surface area contributed by atoms with Crippen molar-refractivity contribution in [3.05, 3.63) is 84.1 Å². The summed E-state index contributed by atoms with van der Waals surface area (Å²) in [5, 5.41) is 0. The van der Waals surface area contributed by atoms with Crippen molar-refractivity contribution in [1.82, 2.24) is 9.88 Å². The number of rotatable bonds is 8. The number of cyclic esters (lactones) is 1. The number of methoxy groups -OCH3 is 1. The van der Waals surface area contributed by atoms with Gasteiger partial charge < -0.3 is 20.1 Å². The molecule has 1 fully saturated rings. The molecule has 2 atom stereocenters. The molecule has 1 amide bonds. The van der Waals surface area contributed by atoms with Crippen molar-refractivity contribution in [2.75, 3.05) is 20.2 Å². The molecule has 1 saturated heterocycles. The standard InChI is InChI=1S/C27H31N3O3/c1-20(21-9-11-22(12-10-21)23-13-14-25(32-2)29-19-23)30-18-16-27(15-6-17-28,33-26(30)31)24-7-4-3-5-8-24/h3-5,7-14,19-20H,6,15-18,28H2,1-2H3/t20-,27+/m0/s1. The van der Waals surface area contributed by atoms with Gasteiger partial charge in [0.2, 0.25) is 5.88 Å². The summed E-state index contributed by atoms with van der Waals surface area (Å²) < 4.78 is 11.3. The van der Waals surface area contributed by atoms with Gasteiger partial charge in [-0.05, 0) is 49.1 Å². The van der Waals surface area contributed by atoms with Crippen LogP contribution in [0.4, 0.5) is 4.79 Å². The van der Waals surface area contributed by atoms with E-state index in [1.807, 2.05) is 54.3 Å². The summed E-state index contributed by atoms with van der Waals surface area (Å²) in [6.07, 6.45) is 3.79. The Balaban J connectivity index is 1.49. The number of hydrogen-bond donors (Lipinski definition) is 1. The smallest absolute Gasteiger partial charge is 0.411 e. The average molecular weight is 446 g/mol. The van der Waals surface area contributed by atoms with Crippen molar-refractivity contribution in [1.29, 1.82) is 0 Å². The van der Waals surface area contributed by atoms with Gasteiger partial charge in [-0.3, -0.25) is 0 Å². The maximum absolute atomic E-state index is 13.2. The van der Waals surface area contributed by atoms with Crippen LogP contribution in [0.2, 0.25) is 0 Å². The van der Waals surface area contributed by atoms with Gasteiger partial charge in [0, 0.05) is 30.8 Å². The Bertz CT molecular complexity index is 1050. The number of pyridine rings is 1. The zero-order chi connectivity index (χ0) is 23.3. The lowest BCUT2D eigenvalue weighted by molar-refractivity contribution is -0.0661. The number of amides is 1. The van der Waals surface area contributed by atoms with E-state index >= 15 is 0 Å². The molecule has 172 valence electrons. The summed E-state index contributed by atoms with van der Waals surface area (Å²) >= 11 is 0. The van der Waals surface area contributed by atoms with Gasteiger partial charge in [0.15, 0.2) is 0 Å². The molecule has 1 aliphatic rings. The minimum Gasteiger partial charge on any atom is -0.481 e. The van der Waals surface area contributed by atoms with E-state index < -0.39 is 5.60 Å². The SMILES string of the molecule is COc1ccc(-c2ccc([C@H](C)N3CC[C@](CCCN)(c4ccccc4)OC3=O)cc2)cn1. The van der Waals surface area contributed by atoms with Crippen LogP contribution < -0.4 is 10.5 Å². The van der Waals surface area contributed by atoms with E-state index in [4.69, 9.17) is 15.2 Å². The molecule has 2 heterocycles. The molecule has 0 saturated carbocycles. The predicted octanol–water partition coefficient (Wildman–Crippen LogP) is 5.29. The monoisotopic (exact) mass is 445 g/mol. The van der Waals surface area contributed by atoms with Gasteiger partial charge in [-0.2, -0.15) is 0 Å². The first kappa shape index (κ1) is 22.8. The number of nitrogens with two attached hydrogens (primary N) is 1. The van der Waals surface area contributed by atoms with Crippen LogP contribution in [-0.4, -0.2) is 36.2 Å². The third-order valence-electron chi connectivity index (χ3n) is 6.50. The highest BCUT2D eigenvalue weighted by atomic mass is 16.6. The Morgan fingerprint density at radius 1 is 1.09 bits per heavy atom. The number of ether oxygens (including phenoxy) is 2. The summed E-state index contributed by atoms with van der Waals surface area (Å²) in [6, 6.07) is 22.0. The van der Waals surface area contributed by atoms with Crippen LogP contribution >= 0.6 is 0 Å². The lowest BCUT2D eigenvalue weighted by Gasteiger charge is -2.43. The first-order valence-corrected chi connectivity index (χ1v) is 11.4. The molecule has 0 unspecified atom stereocenters. The normalized spacial score (nSPS) is 19.1. The van der Waals surface area contributed by atoms with Crippen molar-refractivity contribution >= 4 is 6.09 Å². The molecule has 33 heavy (non-hydrogen) atoms. The van der Waals surface area contributed by atoms with E-state index in [1.54, 1.807) is 13.3 Å². The largest absolute Gasteiger partial charge is 0.481 e. The van der Waals surface area contributed by atoms with Crippen LogP contribution in [0, 0.1) is 0 Å². The molecule has 6 nitrogen and oxygen atoms in total. The molecule has 6 heteroatoms. The minimum absolute atomic E-state index is 0.0937. The fourth-order valence-electron chi connectivity index (χ4n) is 4.48. The van der Waals surface area contributed by atoms with Crippen LogP contribution in [0.15, 0.2) is 72.9 Å².